The van der Waals surface area contributed by atoms with Crippen molar-refractivity contribution >= 4 is 36.1 Å². The molecular weight excluding hydrogens is 923 g/mol. The Morgan fingerprint density at radius 1 is 0.873 bits per heavy atom. The van der Waals surface area contributed by atoms with Gasteiger partial charge in [0.15, 0.2) is 24.3 Å². The predicted octanol–water partition coefficient (Wildman–Crippen LogP) is 4.26. The van der Waals surface area contributed by atoms with Gasteiger partial charge in [0.25, 0.3) is 0 Å². The molecule has 3 heterocycles. The monoisotopic (exact) mass is 1010 g/mol. The molecule has 1 aromatic rings. The molecule has 0 bridgehead atoms. The number of aryl methyl sites for hydroxylation is 1. The van der Waals surface area contributed by atoms with E-state index in [2.05, 4.69) is 12.1 Å². The van der Waals surface area contributed by atoms with Gasteiger partial charge < -0.3 is 67.2 Å². The van der Waals surface area contributed by atoms with Crippen LogP contribution in [0.3, 0.4) is 0 Å². The zero-order valence-corrected chi connectivity index (χ0v) is 44.2. The summed E-state index contributed by atoms with van der Waals surface area (Å²) in [6, 6.07) is 9.29. The molecule has 19 heteroatoms. The number of rotatable bonds is 19. The summed E-state index contributed by atoms with van der Waals surface area (Å²) in [5.41, 5.74) is -0.135. The SMILES string of the molecule is CCC(=O)O[C@@H]1CC(=O)N(CCCCc2ccccc2)CCN(C)C[C@H](OC(C)=O)[C@H](C)C[C@H](CC=O)[C@H](O[C@@H]2OC(C)[C@@H](O[C@H]3CC(C)(OC(C)=O)[C@@H](OC(=O)CC)C(C)O3)C(N(C)C)C2O)[C@H]1OC. The zero-order valence-electron chi connectivity index (χ0n) is 44.2. The quantitative estimate of drug-likeness (QED) is 0.0887. The largest absolute Gasteiger partial charge is 0.461 e. The lowest BCUT2D eigenvalue weighted by atomic mass is 9.82. The first-order chi connectivity index (χ1) is 33.6. The summed E-state index contributed by atoms with van der Waals surface area (Å²) in [6.07, 6.45) is -8.28. The Kier molecular flexibility index (Phi) is 23.8. The van der Waals surface area contributed by atoms with Gasteiger partial charge >= 0.3 is 23.9 Å². The van der Waals surface area contributed by atoms with E-state index in [1.807, 2.05) is 37.1 Å². The number of ether oxygens (including phenoxy) is 9. The number of esters is 4. The van der Waals surface area contributed by atoms with Crippen LogP contribution in [0.1, 0.15) is 112 Å². The van der Waals surface area contributed by atoms with E-state index < -0.39 is 109 Å². The van der Waals surface area contributed by atoms with Crippen LogP contribution >= 0.6 is 0 Å². The van der Waals surface area contributed by atoms with Crippen molar-refractivity contribution in [2.75, 3.05) is 54.4 Å². The standard InChI is InChI=1S/C52H83N3O16/c1-13-42(60)67-39-29-41(59)55(24-19-18-22-37-20-16-15-17-21-37)26-25-54(11)31-40(66-35(6)57)32(3)28-38(23-27-56)48(49(39)63-12)70-51-46(62)45(53(9)10)47(33(4)65-51)69-44-30-52(8,71-36(7)58)50(34(5)64-44)68-43(61)14-2/h15-17,20-21,27,32-34,38-40,44-51,62H,13-14,18-19,22-26,28-31H2,1-12H3/t32-,33?,34?,38+,39-,40+,44+,45?,46?,47-,48+,49+,50+,51+,52?/m1/s1. The van der Waals surface area contributed by atoms with Crippen molar-refractivity contribution in [1.29, 1.82) is 0 Å². The maximum atomic E-state index is 14.6. The van der Waals surface area contributed by atoms with Crippen LogP contribution in [0.5, 0.6) is 0 Å². The Bertz CT molecular complexity index is 1860. The third-order valence-corrected chi connectivity index (χ3v) is 13.8. The van der Waals surface area contributed by atoms with E-state index in [1.165, 1.54) is 26.5 Å². The molecule has 3 fully saturated rings. The fourth-order valence-electron chi connectivity index (χ4n) is 10.2. The highest BCUT2D eigenvalue weighted by Gasteiger charge is 2.54. The second-order valence-electron chi connectivity index (χ2n) is 19.9. The van der Waals surface area contributed by atoms with Gasteiger partial charge in [-0.15, -0.1) is 0 Å². The molecular formula is C52H83N3O16. The number of hydrogen-bond acceptors (Lipinski definition) is 18. The van der Waals surface area contributed by atoms with Crippen molar-refractivity contribution in [1.82, 2.24) is 14.7 Å². The number of nitrogens with zero attached hydrogens (tertiary/aromatic N) is 3. The average molecular weight is 1010 g/mol. The van der Waals surface area contributed by atoms with Crippen LogP contribution in [0.2, 0.25) is 0 Å². The molecule has 1 amide bonds. The fraction of sp³-hybridized carbons (Fsp3) is 0.769. The van der Waals surface area contributed by atoms with Crippen molar-refractivity contribution in [2.45, 2.75) is 192 Å². The van der Waals surface area contributed by atoms with Gasteiger partial charge in [-0.3, -0.25) is 24.0 Å². The van der Waals surface area contributed by atoms with E-state index in [0.29, 0.717) is 32.6 Å². The van der Waals surface area contributed by atoms with Gasteiger partial charge in [-0.1, -0.05) is 51.1 Å². The highest BCUT2D eigenvalue weighted by molar-refractivity contribution is 5.77. The van der Waals surface area contributed by atoms with Crippen molar-refractivity contribution in [3.8, 4) is 0 Å². The Hall–Kier alpha value is -4.08. The summed E-state index contributed by atoms with van der Waals surface area (Å²) < 4.78 is 56.1. The number of amides is 1. The molecule has 15 atom stereocenters. The molecule has 19 nitrogen and oxygen atoms in total. The third kappa shape index (κ3) is 17.3. The topological polar surface area (TPSA) is 215 Å². The molecule has 3 aliphatic heterocycles. The minimum Gasteiger partial charge on any atom is -0.461 e. The van der Waals surface area contributed by atoms with Crippen molar-refractivity contribution in [3.05, 3.63) is 35.9 Å². The van der Waals surface area contributed by atoms with Crippen LogP contribution in [0.15, 0.2) is 30.3 Å². The molecule has 0 aliphatic carbocycles. The molecule has 4 rings (SSSR count). The van der Waals surface area contributed by atoms with Crippen molar-refractivity contribution in [2.24, 2.45) is 11.8 Å². The first-order valence-corrected chi connectivity index (χ1v) is 25.3. The van der Waals surface area contributed by atoms with Gasteiger partial charge in [-0.2, -0.15) is 0 Å². The van der Waals surface area contributed by atoms with E-state index in [-0.39, 0.29) is 50.4 Å². The number of aldehydes is 1. The van der Waals surface area contributed by atoms with Crippen LogP contribution < -0.4 is 0 Å². The summed E-state index contributed by atoms with van der Waals surface area (Å²) in [5, 5.41) is 12.4. The van der Waals surface area contributed by atoms with E-state index in [9.17, 15) is 33.9 Å². The minimum absolute atomic E-state index is 0.00142. The molecule has 0 aromatic heterocycles. The molecule has 402 valence electrons. The summed E-state index contributed by atoms with van der Waals surface area (Å²) >= 11 is 0. The number of carbonyl (C=O) groups excluding carboxylic acids is 6. The average Bonchev–Trinajstić information content (AvgIpc) is 3.30. The number of likely N-dealkylation sites (N-methyl/N-ethyl adjacent to an activating group) is 2. The molecule has 71 heavy (non-hydrogen) atoms. The number of benzene rings is 1. The van der Waals surface area contributed by atoms with E-state index in [0.717, 1.165) is 19.1 Å². The molecule has 0 spiro atoms. The normalized spacial score (nSPS) is 33.7. The van der Waals surface area contributed by atoms with Gasteiger partial charge in [-0.25, -0.2) is 0 Å². The smallest absolute Gasteiger partial charge is 0.306 e. The maximum Gasteiger partial charge on any atom is 0.306 e. The zero-order chi connectivity index (χ0) is 52.6. The van der Waals surface area contributed by atoms with E-state index in [1.54, 1.807) is 58.5 Å². The van der Waals surface area contributed by atoms with Crippen molar-refractivity contribution in [3.63, 3.8) is 0 Å². The number of carbonyl (C=O) groups is 6. The Balaban J connectivity index is 1.73. The van der Waals surface area contributed by atoms with Crippen LogP contribution in [0.25, 0.3) is 0 Å². The van der Waals surface area contributed by atoms with Gasteiger partial charge in [0, 0.05) is 72.8 Å². The van der Waals surface area contributed by atoms with Crippen LogP contribution in [-0.4, -0.2) is 189 Å². The van der Waals surface area contributed by atoms with Gasteiger partial charge in [0.05, 0.1) is 30.8 Å². The molecule has 1 aromatic carbocycles. The van der Waals surface area contributed by atoms with Gasteiger partial charge in [-0.05, 0) is 85.0 Å². The first-order valence-electron chi connectivity index (χ1n) is 25.3. The second-order valence-corrected chi connectivity index (χ2v) is 19.9. The summed E-state index contributed by atoms with van der Waals surface area (Å²) in [5.74, 6) is -3.48. The molecule has 0 saturated carbocycles. The van der Waals surface area contributed by atoms with E-state index in [4.69, 9.17) is 42.6 Å². The van der Waals surface area contributed by atoms with Crippen LogP contribution in [0, 0.1) is 11.8 Å². The minimum atomic E-state index is -1.43. The predicted molar refractivity (Wildman–Crippen MR) is 259 cm³/mol. The van der Waals surface area contributed by atoms with Crippen molar-refractivity contribution < 1.29 is 76.5 Å². The Morgan fingerprint density at radius 2 is 1.55 bits per heavy atom. The molecule has 1 N–H and O–H groups in total. The molecule has 3 aliphatic rings. The number of aliphatic hydroxyl groups is 1. The van der Waals surface area contributed by atoms with Gasteiger partial charge in [0.1, 0.15) is 36.8 Å². The molecule has 0 radical (unpaired) electrons. The van der Waals surface area contributed by atoms with Crippen LogP contribution in [0.4, 0.5) is 0 Å². The lowest BCUT2D eigenvalue weighted by Gasteiger charge is -2.51. The second kappa shape index (κ2) is 28.4. The Labute approximate surface area is 420 Å². The summed E-state index contributed by atoms with van der Waals surface area (Å²) in [6.45, 7) is 14.5. The van der Waals surface area contributed by atoms with Gasteiger partial charge in [0.2, 0.25) is 5.91 Å². The highest BCUT2D eigenvalue weighted by Crippen LogP contribution is 2.39. The molecule has 3 saturated heterocycles. The third-order valence-electron chi connectivity index (χ3n) is 13.8. The van der Waals surface area contributed by atoms with E-state index >= 15 is 0 Å². The summed E-state index contributed by atoms with van der Waals surface area (Å²) in [4.78, 5) is 83.6. The first kappa shape index (κ1) is 59.5. The van der Waals surface area contributed by atoms with Crippen LogP contribution in [-0.2, 0) is 77.8 Å². The maximum absolute atomic E-state index is 14.6. The Morgan fingerprint density at radius 3 is 2.15 bits per heavy atom. The lowest BCUT2D eigenvalue weighted by molar-refractivity contribution is -0.344. The lowest BCUT2D eigenvalue weighted by Crippen LogP contribution is -2.66. The summed E-state index contributed by atoms with van der Waals surface area (Å²) in [7, 11) is 6.83. The number of methoxy groups -OCH3 is 1. The fourth-order valence-corrected chi connectivity index (χ4v) is 10.2. The molecule has 5 unspecified atom stereocenters. The number of unbranched alkanes of at least 4 members (excludes halogenated alkanes) is 1. The number of hydrogen-bond donors (Lipinski definition) is 1. The number of aliphatic hydroxyl groups excluding tert-OH is 1. The highest BCUT2D eigenvalue weighted by atomic mass is 16.7.